The van der Waals surface area contributed by atoms with Crippen molar-refractivity contribution in [1.82, 2.24) is 19.8 Å². The van der Waals surface area contributed by atoms with Crippen LogP contribution in [-0.2, 0) is 22.7 Å². The third kappa shape index (κ3) is 3.82. The van der Waals surface area contributed by atoms with Gasteiger partial charge in [-0.25, -0.2) is 4.98 Å². The van der Waals surface area contributed by atoms with Gasteiger partial charge in [0.2, 0.25) is 11.8 Å². The Kier molecular flexibility index (Phi) is 5.73. The third-order valence-electron chi connectivity index (χ3n) is 3.94. The number of benzene rings is 1. The Morgan fingerprint density at radius 2 is 1.92 bits per heavy atom. The van der Waals surface area contributed by atoms with Gasteiger partial charge in [-0.3, -0.25) is 9.59 Å². The summed E-state index contributed by atoms with van der Waals surface area (Å²) < 4.78 is 1.87. The van der Waals surface area contributed by atoms with E-state index in [1.54, 1.807) is 11.8 Å². The van der Waals surface area contributed by atoms with Crippen LogP contribution >= 0.6 is 0 Å². The zero-order valence-electron chi connectivity index (χ0n) is 14.5. The zero-order valence-corrected chi connectivity index (χ0v) is 14.5. The fourth-order valence-electron chi connectivity index (χ4n) is 2.56. The van der Waals surface area contributed by atoms with E-state index < -0.39 is 0 Å². The van der Waals surface area contributed by atoms with Crippen molar-refractivity contribution in [3.8, 4) is 0 Å². The van der Waals surface area contributed by atoms with Gasteiger partial charge in [-0.2, -0.15) is 0 Å². The predicted molar refractivity (Wildman–Crippen MR) is 94.3 cm³/mol. The average molecular weight is 328 g/mol. The van der Waals surface area contributed by atoms with Gasteiger partial charge in [0.15, 0.2) is 0 Å². The summed E-state index contributed by atoms with van der Waals surface area (Å²) in [4.78, 5) is 30.6. The van der Waals surface area contributed by atoms with Crippen molar-refractivity contribution in [3.05, 3.63) is 42.2 Å². The van der Waals surface area contributed by atoms with Crippen molar-refractivity contribution in [2.24, 2.45) is 0 Å². The Morgan fingerprint density at radius 3 is 2.54 bits per heavy atom. The molecule has 0 unspecified atom stereocenters. The Morgan fingerprint density at radius 1 is 1.25 bits per heavy atom. The number of carbonyl (C=O) groups is 2. The van der Waals surface area contributed by atoms with Crippen LogP contribution in [0.15, 0.2) is 36.4 Å². The van der Waals surface area contributed by atoms with Gasteiger partial charge in [0.1, 0.15) is 12.4 Å². The second-order valence-electron chi connectivity index (χ2n) is 5.63. The molecule has 0 spiro atoms. The Bertz CT molecular complexity index is 759. The lowest BCUT2D eigenvalue weighted by Crippen LogP contribution is -2.34. The van der Waals surface area contributed by atoms with E-state index in [4.69, 9.17) is 0 Å². The third-order valence-corrected chi connectivity index (χ3v) is 3.94. The second kappa shape index (κ2) is 7.77. The highest BCUT2D eigenvalue weighted by Gasteiger charge is 2.17. The predicted octanol–water partition coefficient (Wildman–Crippen LogP) is 2.10. The molecule has 1 heterocycles. The number of nitrogens with one attached hydrogen (secondary N) is 1. The summed E-state index contributed by atoms with van der Waals surface area (Å²) in [5, 5.41) is 2.78. The fraction of sp³-hybridized carbons (Fsp3) is 0.389. The first kappa shape index (κ1) is 17.7. The lowest BCUT2D eigenvalue weighted by molar-refractivity contribution is -0.131. The Balaban J connectivity index is 2.31. The standard InChI is InChI=1S/C18H24N4O2/c1-5-21(6-2)17(23)12-22-15-10-8-7-9-14(15)20-16(22)11-19-18(24)13(3)4/h7-10H,3,5-6,11-12H2,1-2,4H3,(H,19,24). The number of likely N-dealkylation sites (N-methyl/N-ethyl adjacent to an activating group) is 1. The number of para-hydroxylation sites is 2. The molecule has 0 radical (unpaired) electrons. The smallest absolute Gasteiger partial charge is 0.246 e. The molecular formula is C18H24N4O2. The number of hydrogen-bond donors (Lipinski definition) is 1. The van der Waals surface area contributed by atoms with Crippen LogP contribution in [0.1, 0.15) is 26.6 Å². The van der Waals surface area contributed by atoms with Gasteiger partial charge in [-0.15, -0.1) is 0 Å². The molecule has 6 heteroatoms. The molecule has 1 N–H and O–H groups in total. The molecule has 2 rings (SSSR count). The normalized spacial score (nSPS) is 10.6. The highest BCUT2D eigenvalue weighted by molar-refractivity contribution is 5.92. The maximum Gasteiger partial charge on any atom is 0.246 e. The molecule has 0 saturated carbocycles. The summed E-state index contributed by atoms with van der Waals surface area (Å²) in [6.07, 6.45) is 0. The molecule has 128 valence electrons. The first-order chi connectivity index (χ1) is 11.5. The van der Waals surface area contributed by atoms with Crippen molar-refractivity contribution in [2.45, 2.75) is 33.9 Å². The minimum absolute atomic E-state index is 0.0376. The van der Waals surface area contributed by atoms with E-state index in [9.17, 15) is 9.59 Å². The summed E-state index contributed by atoms with van der Waals surface area (Å²) in [6.45, 7) is 11.0. The van der Waals surface area contributed by atoms with Crippen LogP contribution in [0.4, 0.5) is 0 Å². The number of amides is 2. The van der Waals surface area contributed by atoms with Gasteiger partial charge in [0.25, 0.3) is 0 Å². The summed E-state index contributed by atoms with van der Waals surface area (Å²) in [5.74, 6) is 0.477. The van der Waals surface area contributed by atoms with Crippen LogP contribution in [0.3, 0.4) is 0 Å². The zero-order chi connectivity index (χ0) is 17.7. The lowest BCUT2D eigenvalue weighted by Gasteiger charge is -2.20. The molecule has 1 aromatic heterocycles. The van der Waals surface area contributed by atoms with Crippen LogP contribution < -0.4 is 5.32 Å². The van der Waals surface area contributed by atoms with Gasteiger partial charge in [-0.1, -0.05) is 18.7 Å². The highest BCUT2D eigenvalue weighted by atomic mass is 16.2. The molecule has 0 fully saturated rings. The number of rotatable bonds is 7. The minimum Gasteiger partial charge on any atom is -0.345 e. The maximum absolute atomic E-state index is 12.5. The van der Waals surface area contributed by atoms with Crippen molar-refractivity contribution in [2.75, 3.05) is 13.1 Å². The van der Waals surface area contributed by atoms with Crippen molar-refractivity contribution >= 4 is 22.8 Å². The number of aromatic nitrogens is 2. The second-order valence-corrected chi connectivity index (χ2v) is 5.63. The van der Waals surface area contributed by atoms with Gasteiger partial charge in [-0.05, 0) is 32.9 Å². The van der Waals surface area contributed by atoms with Gasteiger partial charge < -0.3 is 14.8 Å². The van der Waals surface area contributed by atoms with Crippen molar-refractivity contribution < 1.29 is 9.59 Å². The van der Waals surface area contributed by atoms with E-state index in [2.05, 4.69) is 16.9 Å². The quantitative estimate of drug-likeness (QED) is 0.792. The molecule has 0 saturated heterocycles. The summed E-state index contributed by atoms with van der Waals surface area (Å²) >= 11 is 0. The van der Waals surface area contributed by atoms with E-state index >= 15 is 0 Å². The van der Waals surface area contributed by atoms with E-state index in [-0.39, 0.29) is 24.9 Å². The van der Waals surface area contributed by atoms with Gasteiger partial charge in [0, 0.05) is 18.7 Å². The molecule has 1 aromatic carbocycles. The number of imidazole rings is 1. The molecule has 24 heavy (non-hydrogen) atoms. The van der Waals surface area contributed by atoms with Crippen LogP contribution in [0.2, 0.25) is 0 Å². The van der Waals surface area contributed by atoms with Gasteiger partial charge >= 0.3 is 0 Å². The lowest BCUT2D eigenvalue weighted by atomic mass is 10.3. The van der Waals surface area contributed by atoms with Crippen molar-refractivity contribution in [1.29, 1.82) is 0 Å². The van der Waals surface area contributed by atoms with Crippen molar-refractivity contribution in [3.63, 3.8) is 0 Å². The van der Waals surface area contributed by atoms with Crippen LogP contribution in [-0.4, -0.2) is 39.4 Å². The van der Waals surface area contributed by atoms with Crippen LogP contribution in [0.25, 0.3) is 11.0 Å². The summed E-state index contributed by atoms with van der Waals surface area (Å²) in [5.41, 5.74) is 2.14. The first-order valence-corrected chi connectivity index (χ1v) is 8.13. The molecule has 0 aliphatic carbocycles. The van der Waals surface area contributed by atoms with E-state index in [1.807, 2.05) is 42.7 Å². The minimum atomic E-state index is -0.219. The van der Waals surface area contributed by atoms with Crippen LogP contribution in [0, 0.1) is 0 Å². The molecule has 2 aromatic rings. The SMILES string of the molecule is C=C(C)C(=O)NCc1nc2ccccc2n1CC(=O)N(CC)CC. The van der Waals surface area contributed by atoms with Crippen LogP contribution in [0.5, 0.6) is 0 Å². The first-order valence-electron chi connectivity index (χ1n) is 8.13. The highest BCUT2D eigenvalue weighted by Crippen LogP contribution is 2.16. The Labute approximate surface area is 142 Å². The molecule has 0 aliphatic heterocycles. The number of nitrogens with zero attached hydrogens (tertiary/aromatic N) is 3. The largest absolute Gasteiger partial charge is 0.345 e. The van der Waals surface area contributed by atoms with Gasteiger partial charge in [0.05, 0.1) is 17.6 Å². The number of hydrogen-bond acceptors (Lipinski definition) is 3. The number of carbonyl (C=O) groups excluding carboxylic acids is 2. The number of fused-ring (bicyclic) bond motifs is 1. The molecular weight excluding hydrogens is 304 g/mol. The van der Waals surface area contributed by atoms with E-state index in [0.29, 0.717) is 24.5 Å². The van der Waals surface area contributed by atoms with E-state index in [1.165, 1.54) is 0 Å². The monoisotopic (exact) mass is 328 g/mol. The molecule has 2 amide bonds. The molecule has 0 bridgehead atoms. The molecule has 6 nitrogen and oxygen atoms in total. The van der Waals surface area contributed by atoms with E-state index in [0.717, 1.165) is 11.0 Å². The maximum atomic E-state index is 12.5. The summed E-state index contributed by atoms with van der Waals surface area (Å²) in [6, 6.07) is 7.65. The Hall–Kier alpha value is -2.63. The summed E-state index contributed by atoms with van der Waals surface area (Å²) in [7, 11) is 0. The topological polar surface area (TPSA) is 67.2 Å². The average Bonchev–Trinajstić information content (AvgIpc) is 2.91. The molecule has 0 atom stereocenters. The fourth-order valence-corrected chi connectivity index (χ4v) is 2.56. The molecule has 0 aliphatic rings.